The Balaban J connectivity index is 1.60. The smallest absolute Gasteiger partial charge is 0.163 e. The summed E-state index contributed by atoms with van der Waals surface area (Å²) >= 11 is 5.86. The molecule has 0 amide bonds. The number of pyridine rings is 1. The van der Waals surface area contributed by atoms with Crippen molar-refractivity contribution in [2.75, 3.05) is 24.4 Å². The molecule has 0 spiro atoms. The number of halogens is 2. The first kappa shape index (κ1) is 21.5. The largest absolute Gasteiger partial charge is 0.493 e. The molecule has 0 saturated carbocycles. The molecule has 0 radical (unpaired) electrons. The van der Waals surface area contributed by atoms with Crippen LogP contribution in [0, 0.1) is 17.1 Å². The van der Waals surface area contributed by atoms with Gasteiger partial charge in [-0.3, -0.25) is 4.98 Å². The van der Waals surface area contributed by atoms with E-state index in [-0.39, 0.29) is 5.69 Å². The van der Waals surface area contributed by atoms with Gasteiger partial charge in [0.2, 0.25) is 0 Å². The van der Waals surface area contributed by atoms with Crippen LogP contribution in [0.1, 0.15) is 17.2 Å². The lowest BCUT2D eigenvalue weighted by molar-refractivity contribution is 0.297. The second kappa shape index (κ2) is 9.58. The molecule has 162 valence electrons. The molecule has 0 bridgehead atoms. The Bertz CT molecular complexity index is 1190. The summed E-state index contributed by atoms with van der Waals surface area (Å²) < 4.78 is 25.9. The Morgan fingerprint density at radius 2 is 2.00 bits per heavy atom. The van der Waals surface area contributed by atoms with E-state index in [0.29, 0.717) is 35.1 Å². The van der Waals surface area contributed by atoms with Crippen molar-refractivity contribution in [3.63, 3.8) is 0 Å². The molecule has 6 nitrogen and oxygen atoms in total. The molecule has 0 fully saturated rings. The fourth-order valence-corrected chi connectivity index (χ4v) is 3.62. The highest BCUT2D eigenvalue weighted by Crippen LogP contribution is 2.42. The van der Waals surface area contributed by atoms with E-state index in [4.69, 9.17) is 21.1 Å². The predicted molar refractivity (Wildman–Crippen MR) is 122 cm³/mol. The predicted octanol–water partition coefficient (Wildman–Crippen LogP) is 5.49. The number of fused-ring (bicyclic) bond motifs is 1. The number of aromatic nitrogens is 1. The van der Waals surface area contributed by atoms with Crippen LogP contribution in [0.2, 0.25) is 5.02 Å². The standard InChI is InChI=1S/C24H20ClFN4O2/c1-31-22-11-18-21(12-23(22)32-9-6-15-4-7-28-8-5-15)29-14-16(13-27)24(18)30-20-3-2-17(25)10-19(20)26/h2-5,7-8,10-12,14,24,29-30H,6,9H2,1H3. The van der Waals surface area contributed by atoms with Crippen molar-refractivity contribution in [2.24, 2.45) is 0 Å². The topological polar surface area (TPSA) is 79.2 Å². The molecule has 0 aliphatic carbocycles. The van der Waals surface area contributed by atoms with Gasteiger partial charge in [-0.15, -0.1) is 0 Å². The third kappa shape index (κ3) is 4.61. The van der Waals surface area contributed by atoms with Gasteiger partial charge < -0.3 is 20.1 Å². The normalized spacial score (nSPS) is 14.4. The van der Waals surface area contributed by atoms with Crippen molar-refractivity contribution >= 4 is 23.0 Å². The number of nitrogens with one attached hydrogen (secondary N) is 2. The number of rotatable bonds is 7. The average Bonchev–Trinajstić information content (AvgIpc) is 2.81. The lowest BCUT2D eigenvalue weighted by Gasteiger charge is -2.28. The Morgan fingerprint density at radius 1 is 1.19 bits per heavy atom. The van der Waals surface area contributed by atoms with Gasteiger partial charge in [-0.25, -0.2) is 4.39 Å². The van der Waals surface area contributed by atoms with E-state index in [2.05, 4.69) is 21.7 Å². The lowest BCUT2D eigenvalue weighted by Crippen LogP contribution is -2.20. The summed E-state index contributed by atoms with van der Waals surface area (Å²) in [5.41, 5.74) is 3.23. The zero-order valence-corrected chi connectivity index (χ0v) is 18.0. The second-order valence-electron chi connectivity index (χ2n) is 7.10. The fourth-order valence-electron chi connectivity index (χ4n) is 3.46. The Morgan fingerprint density at radius 3 is 2.72 bits per heavy atom. The third-order valence-corrected chi connectivity index (χ3v) is 5.33. The van der Waals surface area contributed by atoms with Crippen LogP contribution in [0.3, 0.4) is 0 Å². The number of hydrogen-bond acceptors (Lipinski definition) is 6. The molecular weight excluding hydrogens is 431 g/mol. The van der Waals surface area contributed by atoms with Gasteiger partial charge >= 0.3 is 0 Å². The molecule has 2 aromatic carbocycles. The number of nitrogens with zero attached hydrogens (tertiary/aromatic N) is 2. The molecule has 8 heteroatoms. The lowest BCUT2D eigenvalue weighted by atomic mass is 9.94. The van der Waals surface area contributed by atoms with Gasteiger partial charge in [0.25, 0.3) is 0 Å². The van der Waals surface area contributed by atoms with Crippen LogP contribution >= 0.6 is 11.6 Å². The van der Waals surface area contributed by atoms with Gasteiger partial charge in [-0.1, -0.05) is 11.6 Å². The van der Waals surface area contributed by atoms with Crippen LogP contribution in [0.25, 0.3) is 0 Å². The molecule has 1 unspecified atom stereocenters. The molecule has 1 aliphatic rings. The Labute approximate surface area is 190 Å². The van der Waals surface area contributed by atoms with Crippen molar-refractivity contribution in [3.05, 3.63) is 88.6 Å². The molecule has 1 aromatic heterocycles. The summed E-state index contributed by atoms with van der Waals surface area (Å²) in [6.45, 7) is 0.454. The SMILES string of the molecule is COc1cc2c(cc1OCCc1ccncc1)NC=C(C#N)C2Nc1ccc(Cl)cc1F. The van der Waals surface area contributed by atoms with Crippen LogP contribution in [-0.2, 0) is 6.42 Å². The van der Waals surface area contributed by atoms with Gasteiger partial charge in [0, 0.05) is 47.4 Å². The fraction of sp³-hybridized carbons (Fsp3) is 0.167. The van der Waals surface area contributed by atoms with E-state index in [1.165, 1.54) is 6.07 Å². The number of hydrogen-bond donors (Lipinski definition) is 2. The van der Waals surface area contributed by atoms with E-state index in [1.807, 2.05) is 18.2 Å². The highest BCUT2D eigenvalue weighted by atomic mass is 35.5. The van der Waals surface area contributed by atoms with E-state index >= 15 is 0 Å². The molecule has 1 atom stereocenters. The zero-order chi connectivity index (χ0) is 22.5. The second-order valence-corrected chi connectivity index (χ2v) is 7.54. The number of nitriles is 1. The van der Waals surface area contributed by atoms with Crippen molar-refractivity contribution < 1.29 is 13.9 Å². The number of methoxy groups -OCH3 is 1. The van der Waals surface area contributed by atoms with E-state index < -0.39 is 11.9 Å². The summed E-state index contributed by atoms with van der Waals surface area (Å²) in [6, 6.07) is 13.4. The maximum Gasteiger partial charge on any atom is 0.163 e. The van der Waals surface area contributed by atoms with Gasteiger partial charge in [-0.2, -0.15) is 5.26 Å². The first-order valence-corrected chi connectivity index (χ1v) is 10.3. The van der Waals surface area contributed by atoms with E-state index in [1.54, 1.807) is 43.9 Å². The number of ether oxygens (including phenoxy) is 2. The van der Waals surface area contributed by atoms with Crippen LogP contribution in [0.4, 0.5) is 15.8 Å². The molecule has 2 N–H and O–H groups in total. The minimum Gasteiger partial charge on any atom is -0.493 e. The Kier molecular flexibility index (Phi) is 6.43. The van der Waals surface area contributed by atoms with Crippen LogP contribution in [0.5, 0.6) is 11.5 Å². The van der Waals surface area contributed by atoms with Crippen molar-refractivity contribution in [2.45, 2.75) is 12.5 Å². The van der Waals surface area contributed by atoms with Crippen molar-refractivity contribution in [1.29, 1.82) is 5.26 Å². The molecule has 0 saturated heterocycles. The van der Waals surface area contributed by atoms with E-state index in [9.17, 15) is 9.65 Å². The highest BCUT2D eigenvalue weighted by Gasteiger charge is 2.27. The number of benzene rings is 2. The van der Waals surface area contributed by atoms with E-state index in [0.717, 1.165) is 16.8 Å². The summed E-state index contributed by atoms with van der Waals surface area (Å²) in [5.74, 6) is 0.582. The summed E-state index contributed by atoms with van der Waals surface area (Å²) in [5, 5.41) is 16.1. The Hall–Kier alpha value is -3.76. The minimum atomic E-state index is -0.577. The molecular formula is C24H20ClFN4O2. The first-order chi connectivity index (χ1) is 15.6. The average molecular weight is 451 g/mol. The van der Waals surface area contributed by atoms with Crippen molar-refractivity contribution in [1.82, 2.24) is 4.98 Å². The van der Waals surface area contributed by atoms with Crippen LogP contribution in [0.15, 0.2) is 66.6 Å². The maximum atomic E-state index is 14.4. The molecule has 3 aromatic rings. The zero-order valence-electron chi connectivity index (χ0n) is 17.2. The first-order valence-electron chi connectivity index (χ1n) is 9.91. The third-order valence-electron chi connectivity index (χ3n) is 5.10. The highest BCUT2D eigenvalue weighted by molar-refractivity contribution is 6.30. The maximum absolute atomic E-state index is 14.4. The van der Waals surface area contributed by atoms with Gasteiger partial charge in [0.15, 0.2) is 11.5 Å². The van der Waals surface area contributed by atoms with Crippen molar-refractivity contribution in [3.8, 4) is 17.6 Å². The molecule has 4 rings (SSSR count). The molecule has 32 heavy (non-hydrogen) atoms. The summed E-state index contributed by atoms with van der Waals surface area (Å²) in [4.78, 5) is 4.01. The van der Waals surface area contributed by atoms with Crippen LogP contribution in [-0.4, -0.2) is 18.7 Å². The minimum absolute atomic E-state index is 0.241. The quantitative estimate of drug-likeness (QED) is 0.495. The number of anilines is 2. The summed E-state index contributed by atoms with van der Waals surface area (Å²) in [6.07, 6.45) is 5.80. The summed E-state index contributed by atoms with van der Waals surface area (Å²) in [7, 11) is 1.55. The molecule has 2 heterocycles. The molecule has 1 aliphatic heterocycles. The van der Waals surface area contributed by atoms with Gasteiger partial charge in [-0.05, 0) is 42.0 Å². The van der Waals surface area contributed by atoms with Crippen LogP contribution < -0.4 is 20.1 Å². The van der Waals surface area contributed by atoms with Gasteiger partial charge in [0.1, 0.15) is 5.82 Å². The monoisotopic (exact) mass is 450 g/mol. The van der Waals surface area contributed by atoms with Gasteiger partial charge in [0.05, 0.1) is 37.1 Å².